The molecule has 16 heavy (non-hydrogen) atoms. The fraction of sp³-hybridized carbons (Fsp3) is 0.750. The molecule has 0 bridgehead atoms. The van der Waals surface area contributed by atoms with E-state index < -0.39 is 6.10 Å². The molecule has 0 saturated heterocycles. The van der Waals surface area contributed by atoms with Crippen LogP contribution in [0.25, 0.3) is 0 Å². The Labute approximate surface area is 97.6 Å². The highest BCUT2D eigenvalue weighted by Crippen LogP contribution is 1.99. The minimum atomic E-state index is -0.954. The number of hydrogen-bond donors (Lipinski definition) is 3. The van der Waals surface area contributed by atoms with Crippen LogP contribution in [0.4, 0.5) is 0 Å². The number of aliphatic hydroxyl groups is 3. The lowest BCUT2D eigenvalue weighted by Gasteiger charge is -1.96. The molecule has 0 atom stereocenters. The summed E-state index contributed by atoms with van der Waals surface area (Å²) in [5, 5.41) is 24.0. The largest absolute Gasteiger partial charge is 0.394 e. The lowest BCUT2D eigenvalue weighted by atomic mass is 10.2. The first-order valence-electron chi connectivity index (χ1n) is 5.65. The number of carbonyl (C=O) groups excluding carboxylic acids is 1. The Hall–Kier alpha value is -0.710. The Bertz CT molecular complexity index is 174. The van der Waals surface area contributed by atoms with Crippen molar-refractivity contribution in [3.63, 3.8) is 0 Å². The zero-order valence-corrected chi connectivity index (χ0v) is 10.2. The summed E-state index contributed by atoms with van der Waals surface area (Å²) in [7, 11) is 0. The summed E-state index contributed by atoms with van der Waals surface area (Å²) in [5.74, 6) is 0.150. The van der Waals surface area contributed by atoms with Crippen LogP contribution in [0.1, 0.15) is 39.5 Å². The summed E-state index contributed by atoms with van der Waals surface area (Å²) in [4.78, 5) is 10.4. The molecule has 0 heterocycles. The summed E-state index contributed by atoms with van der Waals surface area (Å²) in [6, 6.07) is 0. The molecule has 0 aromatic carbocycles. The number of ketones is 1. The van der Waals surface area contributed by atoms with Crippen LogP contribution in [0, 0.1) is 0 Å². The Morgan fingerprint density at radius 1 is 1.25 bits per heavy atom. The molecule has 96 valence electrons. The number of rotatable bonds is 7. The van der Waals surface area contributed by atoms with Crippen molar-refractivity contribution in [3.05, 3.63) is 12.2 Å². The van der Waals surface area contributed by atoms with E-state index >= 15 is 0 Å². The summed E-state index contributed by atoms with van der Waals surface area (Å²) in [6.45, 7) is 3.03. The summed E-state index contributed by atoms with van der Waals surface area (Å²) >= 11 is 0. The van der Waals surface area contributed by atoms with Gasteiger partial charge < -0.3 is 15.3 Å². The van der Waals surface area contributed by atoms with E-state index in [1.807, 2.05) is 6.08 Å². The van der Waals surface area contributed by atoms with E-state index in [9.17, 15) is 4.79 Å². The van der Waals surface area contributed by atoms with Gasteiger partial charge in [0.1, 0.15) is 6.10 Å². The van der Waals surface area contributed by atoms with Gasteiger partial charge in [-0.25, -0.2) is 0 Å². The normalized spacial score (nSPS) is 10.4. The van der Waals surface area contributed by atoms with E-state index in [0.29, 0.717) is 0 Å². The van der Waals surface area contributed by atoms with Gasteiger partial charge in [-0.3, -0.25) is 4.79 Å². The molecule has 0 spiro atoms. The van der Waals surface area contributed by atoms with E-state index in [0.717, 1.165) is 6.42 Å². The maximum atomic E-state index is 10.4. The zero-order valence-electron chi connectivity index (χ0n) is 10.2. The molecule has 0 aliphatic carbocycles. The Kier molecular flexibility index (Phi) is 15.8. The van der Waals surface area contributed by atoms with E-state index in [1.54, 1.807) is 13.0 Å². The summed E-state index contributed by atoms with van der Waals surface area (Å²) in [6.07, 6.45) is 7.42. The first-order chi connectivity index (χ1) is 7.58. The smallest absolute Gasteiger partial charge is 0.152 e. The second-order valence-electron chi connectivity index (χ2n) is 3.53. The third-order valence-corrected chi connectivity index (χ3v) is 1.75. The first-order valence-corrected chi connectivity index (χ1v) is 5.65. The quantitative estimate of drug-likeness (QED) is 0.453. The SMILES string of the molecule is CCCCCC=CC(C)=O.OCC(O)CO. The molecule has 0 radical (unpaired) electrons. The standard InChI is InChI=1S/C9H16O.C3H8O3/c1-3-4-5-6-7-8-9(2)10;4-1-3(6)2-5/h7-8H,3-6H2,1-2H3;3-6H,1-2H2. The van der Waals surface area contributed by atoms with Crippen LogP contribution in [0.3, 0.4) is 0 Å². The topological polar surface area (TPSA) is 77.8 Å². The van der Waals surface area contributed by atoms with E-state index in [2.05, 4.69) is 6.92 Å². The van der Waals surface area contributed by atoms with Crippen LogP contribution in [-0.4, -0.2) is 40.4 Å². The van der Waals surface area contributed by atoms with Crippen molar-refractivity contribution < 1.29 is 20.1 Å². The second-order valence-corrected chi connectivity index (χ2v) is 3.53. The second kappa shape index (κ2) is 14.3. The van der Waals surface area contributed by atoms with Gasteiger partial charge in [0, 0.05) is 0 Å². The average Bonchev–Trinajstić information content (AvgIpc) is 2.28. The van der Waals surface area contributed by atoms with Gasteiger partial charge in [0.15, 0.2) is 5.78 Å². The van der Waals surface area contributed by atoms with Gasteiger partial charge in [-0.15, -0.1) is 0 Å². The molecule has 0 aliphatic rings. The van der Waals surface area contributed by atoms with Crippen LogP contribution in [0.15, 0.2) is 12.2 Å². The Balaban J connectivity index is 0. The molecule has 4 nitrogen and oxygen atoms in total. The van der Waals surface area contributed by atoms with Gasteiger partial charge in [0.25, 0.3) is 0 Å². The highest BCUT2D eigenvalue weighted by atomic mass is 16.3. The summed E-state index contributed by atoms with van der Waals surface area (Å²) < 4.78 is 0. The number of hydrogen-bond acceptors (Lipinski definition) is 4. The van der Waals surface area contributed by atoms with Crippen molar-refractivity contribution in [2.45, 2.75) is 45.6 Å². The minimum absolute atomic E-state index is 0.150. The van der Waals surface area contributed by atoms with Gasteiger partial charge >= 0.3 is 0 Å². The fourth-order valence-corrected chi connectivity index (χ4v) is 0.819. The molecule has 0 saturated carbocycles. The monoisotopic (exact) mass is 232 g/mol. The first kappa shape index (κ1) is 17.7. The number of unbranched alkanes of at least 4 members (excludes halogenated alkanes) is 3. The summed E-state index contributed by atoms with van der Waals surface area (Å²) in [5.41, 5.74) is 0. The van der Waals surface area contributed by atoms with Gasteiger partial charge in [-0.1, -0.05) is 25.8 Å². The number of allylic oxidation sites excluding steroid dienone is 2. The highest BCUT2D eigenvalue weighted by Gasteiger charge is 1.93. The van der Waals surface area contributed by atoms with E-state index in [4.69, 9.17) is 15.3 Å². The van der Waals surface area contributed by atoms with Gasteiger partial charge in [0.2, 0.25) is 0 Å². The van der Waals surface area contributed by atoms with Crippen molar-refractivity contribution in [1.82, 2.24) is 0 Å². The van der Waals surface area contributed by atoms with Crippen LogP contribution in [0.2, 0.25) is 0 Å². The van der Waals surface area contributed by atoms with Gasteiger partial charge in [-0.05, 0) is 25.8 Å². The molecular formula is C12H24O4. The molecule has 0 aromatic heterocycles. The third-order valence-electron chi connectivity index (χ3n) is 1.75. The Morgan fingerprint density at radius 2 is 1.81 bits per heavy atom. The van der Waals surface area contributed by atoms with Crippen molar-refractivity contribution in [1.29, 1.82) is 0 Å². The molecule has 3 N–H and O–H groups in total. The predicted molar refractivity (Wildman–Crippen MR) is 64.1 cm³/mol. The molecule has 4 heteroatoms. The van der Waals surface area contributed by atoms with Crippen LogP contribution in [-0.2, 0) is 4.79 Å². The van der Waals surface area contributed by atoms with Crippen molar-refractivity contribution in [2.24, 2.45) is 0 Å². The molecule has 0 unspecified atom stereocenters. The lowest BCUT2D eigenvalue weighted by Crippen LogP contribution is -2.15. The highest BCUT2D eigenvalue weighted by molar-refractivity contribution is 5.87. The molecule has 0 aliphatic heterocycles. The van der Waals surface area contributed by atoms with Gasteiger partial charge in [0.05, 0.1) is 13.2 Å². The maximum absolute atomic E-state index is 10.4. The van der Waals surface area contributed by atoms with Gasteiger partial charge in [-0.2, -0.15) is 0 Å². The third kappa shape index (κ3) is 19.0. The molecule has 0 amide bonds. The predicted octanol–water partition coefficient (Wildman–Crippen LogP) is 1.04. The van der Waals surface area contributed by atoms with Crippen molar-refractivity contribution >= 4 is 5.78 Å². The molecular weight excluding hydrogens is 208 g/mol. The van der Waals surface area contributed by atoms with Crippen LogP contribution >= 0.6 is 0 Å². The number of carbonyl (C=O) groups is 1. The fourth-order valence-electron chi connectivity index (χ4n) is 0.819. The zero-order chi connectivity index (χ0) is 12.8. The van der Waals surface area contributed by atoms with Crippen LogP contribution < -0.4 is 0 Å². The van der Waals surface area contributed by atoms with E-state index in [-0.39, 0.29) is 19.0 Å². The number of aliphatic hydroxyl groups excluding tert-OH is 3. The average molecular weight is 232 g/mol. The lowest BCUT2D eigenvalue weighted by molar-refractivity contribution is -0.112. The molecule has 0 rings (SSSR count). The maximum Gasteiger partial charge on any atom is 0.152 e. The van der Waals surface area contributed by atoms with Crippen molar-refractivity contribution in [3.8, 4) is 0 Å². The minimum Gasteiger partial charge on any atom is -0.394 e. The molecule has 0 fully saturated rings. The Morgan fingerprint density at radius 3 is 2.12 bits per heavy atom. The van der Waals surface area contributed by atoms with Crippen molar-refractivity contribution in [2.75, 3.05) is 13.2 Å². The van der Waals surface area contributed by atoms with Crippen LogP contribution in [0.5, 0.6) is 0 Å². The molecule has 0 aromatic rings. The van der Waals surface area contributed by atoms with E-state index in [1.165, 1.54) is 19.3 Å².